The molecule has 4 fully saturated rings. The zero-order valence-corrected chi connectivity index (χ0v) is 9.78. The van der Waals surface area contributed by atoms with Gasteiger partial charge in [0.05, 0.1) is 0 Å². The minimum Gasteiger partial charge on any atom is -0.308 e. The van der Waals surface area contributed by atoms with E-state index in [-0.39, 0.29) is 0 Å². The number of nitrogens with one attached hydrogen (secondary N) is 1. The van der Waals surface area contributed by atoms with Gasteiger partial charge in [-0.3, -0.25) is 0 Å². The molecule has 0 aliphatic heterocycles. The molecule has 15 heavy (non-hydrogen) atoms. The normalized spacial score (nSPS) is 49.3. The van der Waals surface area contributed by atoms with Crippen LogP contribution in [0.3, 0.4) is 0 Å². The minimum atomic E-state index is 0.493. The van der Waals surface area contributed by atoms with Gasteiger partial charge in [0.15, 0.2) is 0 Å². The lowest BCUT2D eigenvalue weighted by molar-refractivity contribution is -0.0153. The van der Waals surface area contributed by atoms with Gasteiger partial charge < -0.3 is 5.32 Å². The predicted molar refractivity (Wildman–Crippen MR) is 63.6 cm³/mol. The highest BCUT2D eigenvalue weighted by molar-refractivity contribution is 5.02. The van der Waals surface area contributed by atoms with Crippen molar-refractivity contribution in [2.75, 3.05) is 0 Å². The van der Waals surface area contributed by atoms with Crippen LogP contribution in [0.15, 0.2) is 12.7 Å². The molecule has 0 aromatic carbocycles. The molecule has 0 aromatic rings. The van der Waals surface area contributed by atoms with Gasteiger partial charge in [-0.1, -0.05) is 6.08 Å². The molecule has 0 radical (unpaired) electrons. The summed E-state index contributed by atoms with van der Waals surface area (Å²) in [5.74, 6) is 4.15. The van der Waals surface area contributed by atoms with Crippen LogP contribution in [0.5, 0.6) is 0 Å². The van der Waals surface area contributed by atoms with Gasteiger partial charge in [0, 0.05) is 12.1 Å². The van der Waals surface area contributed by atoms with Gasteiger partial charge in [0.1, 0.15) is 0 Å². The second-order valence-corrected chi connectivity index (χ2v) is 6.15. The Hall–Kier alpha value is -0.300. The van der Waals surface area contributed by atoms with Gasteiger partial charge in [0.25, 0.3) is 0 Å². The maximum absolute atomic E-state index is 3.88. The van der Waals surface area contributed by atoms with Crippen molar-refractivity contribution in [3.63, 3.8) is 0 Å². The van der Waals surface area contributed by atoms with E-state index >= 15 is 0 Å². The molecular weight excluding hydrogens is 182 g/mol. The quantitative estimate of drug-likeness (QED) is 0.698. The third kappa shape index (κ3) is 1.65. The van der Waals surface area contributed by atoms with Crippen LogP contribution in [0.25, 0.3) is 0 Å². The Balaban J connectivity index is 1.72. The Kier molecular flexibility index (Phi) is 2.39. The van der Waals surface area contributed by atoms with E-state index in [0.29, 0.717) is 6.04 Å². The Morgan fingerprint density at radius 1 is 1.07 bits per heavy atom. The van der Waals surface area contributed by atoms with Crippen LogP contribution < -0.4 is 5.32 Å². The van der Waals surface area contributed by atoms with Crippen LogP contribution in [0, 0.1) is 23.7 Å². The molecule has 1 nitrogen and oxygen atoms in total. The largest absolute Gasteiger partial charge is 0.308 e. The summed E-state index contributed by atoms with van der Waals surface area (Å²) >= 11 is 0. The van der Waals surface area contributed by atoms with Crippen molar-refractivity contribution in [2.45, 2.75) is 51.1 Å². The summed E-state index contributed by atoms with van der Waals surface area (Å²) in [5, 5.41) is 3.79. The summed E-state index contributed by atoms with van der Waals surface area (Å²) in [5.41, 5.74) is 0. The third-order valence-electron chi connectivity index (χ3n) is 5.04. The van der Waals surface area contributed by atoms with Gasteiger partial charge >= 0.3 is 0 Å². The molecule has 4 rings (SSSR count). The van der Waals surface area contributed by atoms with Crippen molar-refractivity contribution in [2.24, 2.45) is 23.7 Å². The highest BCUT2D eigenvalue weighted by Crippen LogP contribution is 2.53. The Morgan fingerprint density at radius 2 is 1.60 bits per heavy atom. The monoisotopic (exact) mass is 205 g/mol. The van der Waals surface area contributed by atoms with E-state index in [1.807, 2.05) is 6.08 Å². The fourth-order valence-corrected chi connectivity index (χ4v) is 4.57. The van der Waals surface area contributed by atoms with E-state index in [0.717, 1.165) is 29.7 Å². The predicted octanol–water partition coefficient (Wildman–Crippen LogP) is 2.98. The second kappa shape index (κ2) is 3.62. The van der Waals surface area contributed by atoms with E-state index in [4.69, 9.17) is 0 Å². The van der Waals surface area contributed by atoms with E-state index in [9.17, 15) is 0 Å². The van der Waals surface area contributed by atoms with Crippen LogP contribution in [0.4, 0.5) is 0 Å². The van der Waals surface area contributed by atoms with Gasteiger partial charge in [-0.15, -0.1) is 6.58 Å². The lowest BCUT2D eigenvalue weighted by Gasteiger charge is -2.55. The summed E-state index contributed by atoms with van der Waals surface area (Å²) in [7, 11) is 0. The lowest BCUT2D eigenvalue weighted by atomic mass is 9.54. The number of hydrogen-bond donors (Lipinski definition) is 1. The average molecular weight is 205 g/mol. The fraction of sp³-hybridized carbons (Fsp3) is 0.857. The molecule has 4 saturated carbocycles. The topological polar surface area (TPSA) is 12.0 Å². The summed E-state index contributed by atoms with van der Waals surface area (Å²) in [4.78, 5) is 0. The number of rotatable bonds is 3. The van der Waals surface area contributed by atoms with E-state index in [1.165, 1.54) is 25.7 Å². The van der Waals surface area contributed by atoms with Crippen LogP contribution in [0.1, 0.15) is 39.0 Å². The molecule has 1 atom stereocenters. The molecule has 4 bridgehead atoms. The Morgan fingerprint density at radius 3 is 2.07 bits per heavy atom. The van der Waals surface area contributed by atoms with Crippen molar-refractivity contribution in [1.82, 2.24) is 5.32 Å². The molecule has 84 valence electrons. The molecular formula is C14H23N. The highest BCUT2D eigenvalue weighted by atomic mass is 15.0. The van der Waals surface area contributed by atoms with Crippen molar-refractivity contribution in [1.29, 1.82) is 0 Å². The van der Waals surface area contributed by atoms with E-state index in [1.54, 1.807) is 6.42 Å². The van der Waals surface area contributed by atoms with Crippen LogP contribution >= 0.6 is 0 Å². The first kappa shape index (κ1) is 9.89. The average Bonchev–Trinajstić information content (AvgIpc) is 2.22. The maximum atomic E-state index is 3.88. The molecule has 0 spiro atoms. The highest BCUT2D eigenvalue weighted by Gasteiger charge is 2.48. The van der Waals surface area contributed by atoms with Crippen molar-refractivity contribution >= 4 is 0 Å². The van der Waals surface area contributed by atoms with E-state index in [2.05, 4.69) is 18.8 Å². The van der Waals surface area contributed by atoms with Crippen molar-refractivity contribution in [3.8, 4) is 0 Å². The zero-order chi connectivity index (χ0) is 10.4. The zero-order valence-electron chi connectivity index (χ0n) is 9.78. The molecule has 0 saturated heterocycles. The Bertz CT molecular complexity index is 230. The van der Waals surface area contributed by atoms with Gasteiger partial charge in [0.2, 0.25) is 0 Å². The summed E-state index contributed by atoms with van der Waals surface area (Å²) < 4.78 is 0. The molecule has 1 N–H and O–H groups in total. The maximum Gasteiger partial charge on any atom is 0.0221 e. The first-order valence-corrected chi connectivity index (χ1v) is 6.65. The SMILES string of the molecule is C=CC(C)NC1C2CC3CC(C2)CC1C3. The van der Waals surface area contributed by atoms with Gasteiger partial charge in [-0.05, 0) is 62.7 Å². The fourth-order valence-electron chi connectivity index (χ4n) is 4.57. The first-order chi connectivity index (χ1) is 7.26. The Labute approximate surface area is 93.3 Å². The number of hydrogen-bond acceptors (Lipinski definition) is 1. The van der Waals surface area contributed by atoms with Crippen LogP contribution in [0.2, 0.25) is 0 Å². The van der Waals surface area contributed by atoms with Crippen LogP contribution in [-0.4, -0.2) is 12.1 Å². The minimum absolute atomic E-state index is 0.493. The smallest absolute Gasteiger partial charge is 0.0221 e. The van der Waals surface area contributed by atoms with Crippen molar-refractivity contribution in [3.05, 3.63) is 12.7 Å². The molecule has 4 aliphatic rings. The molecule has 0 amide bonds. The third-order valence-corrected chi connectivity index (χ3v) is 5.04. The first-order valence-electron chi connectivity index (χ1n) is 6.65. The molecule has 0 aromatic heterocycles. The van der Waals surface area contributed by atoms with Gasteiger partial charge in [-0.2, -0.15) is 0 Å². The van der Waals surface area contributed by atoms with Crippen molar-refractivity contribution < 1.29 is 0 Å². The molecule has 1 unspecified atom stereocenters. The summed E-state index contributed by atoms with van der Waals surface area (Å²) in [6.07, 6.45) is 9.63. The summed E-state index contributed by atoms with van der Waals surface area (Å²) in [6, 6.07) is 1.30. The molecule has 0 heterocycles. The van der Waals surface area contributed by atoms with Gasteiger partial charge in [-0.25, -0.2) is 0 Å². The molecule has 4 aliphatic carbocycles. The summed E-state index contributed by atoms with van der Waals surface area (Å²) in [6.45, 7) is 6.12. The van der Waals surface area contributed by atoms with E-state index < -0.39 is 0 Å². The lowest BCUT2D eigenvalue weighted by Crippen LogP contribution is -2.56. The van der Waals surface area contributed by atoms with Crippen LogP contribution in [-0.2, 0) is 0 Å². The standard InChI is InChI=1S/C14H23N/c1-3-9(2)15-14-12-5-10-4-11(7-12)8-13(14)6-10/h3,9-15H,1,4-8H2,2H3. The molecule has 1 heteroatoms. The second-order valence-electron chi connectivity index (χ2n) is 6.15.